The van der Waals surface area contributed by atoms with Crippen molar-refractivity contribution in [2.24, 2.45) is 0 Å². The van der Waals surface area contributed by atoms with Crippen molar-refractivity contribution in [3.05, 3.63) is 63.7 Å². The highest BCUT2D eigenvalue weighted by Crippen LogP contribution is 2.30. The predicted molar refractivity (Wildman–Crippen MR) is 96.9 cm³/mol. The lowest BCUT2D eigenvalue weighted by Crippen LogP contribution is -2.46. The number of pyridine rings is 1. The van der Waals surface area contributed by atoms with Crippen LogP contribution in [0.25, 0.3) is 0 Å². The zero-order valence-electron chi connectivity index (χ0n) is 14.4. The number of thiophene rings is 1. The minimum absolute atomic E-state index is 0.130. The topological polar surface area (TPSA) is 107 Å². The number of urea groups is 1. The van der Waals surface area contributed by atoms with Crippen LogP contribution in [-0.2, 0) is 14.3 Å². The SMILES string of the molecule is CCOC(=O)C1=C(COC(=O)c2ccccn2)NC(=O)N[C@@H]1c1cccs1. The summed E-state index contributed by atoms with van der Waals surface area (Å²) in [6.45, 7) is 1.57. The summed E-state index contributed by atoms with van der Waals surface area (Å²) < 4.78 is 10.4. The van der Waals surface area contributed by atoms with E-state index in [-0.39, 0.29) is 30.2 Å². The molecule has 27 heavy (non-hydrogen) atoms. The van der Waals surface area contributed by atoms with Gasteiger partial charge >= 0.3 is 18.0 Å². The fraction of sp³-hybridized carbons (Fsp3) is 0.222. The first-order valence-corrected chi connectivity index (χ1v) is 9.07. The summed E-state index contributed by atoms with van der Waals surface area (Å²) in [4.78, 5) is 41.4. The second kappa shape index (κ2) is 8.45. The lowest BCUT2D eigenvalue weighted by molar-refractivity contribution is -0.139. The number of hydrogen-bond acceptors (Lipinski definition) is 7. The maximum atomic E-state index is 12.5. The van der Waals surface area contributed by atoms with Crippen molar-refractivity contribution in [3.63, 3.8) is 0 Å². The van der Waals surface area contributed by atoms with Gasteiger partial charge in [0.05, 0.1) is 23.9 Å². The van der Waals surface area contributed by atoms with Gasteiger partial charge in [-0.05, 0) is 30.5 Å². The molecule has 1 atom stereocenters. The fourth-order valence-corrected chi connectivity index (χ4v) is 3.33. The third-order valence-corrected chi connectivity index (χ3v) is 4.64. The fourth-order valence-electron chi connectivity index (χ4n) is 2.55. The zero-order chi connectivity index (χ0) is 19.2. The highest BCUT2D eigenvalue weighted by atomic mass is 32.1. The molecule has 1 aliphatic rings. The van der Waals surface area contributed by atoms with Gasteiger partial charge < -0.3 is 20.1 Å². The standard InChI is InChI=1S/C18H17N3O5S/c1-2-25-17(23)14-12(10-26-16(22)11-6-3-4-8-19-11)20-18(24)21-15(14)13-7-5-9-27-13/h3-9,15H,2,10H2,1H3,(H2,20,21,24)/t15-/m1/s1. The molecule has 3 rings (SSSR count). The van der Waals surface area contributed by atoms with E-state index in [0.29, 0.717) is 0 Å². The molecule has 0 unspecified atom stereocenters. The Morgan fingerprint density at radius 3 is 2.70 bits per heavy atom. The molecule has 0 saturated heterocycles. The van der Waals surface area contributed by atoms with Gasteiger partial charge in [0.15, 0.2) is 0 Å². The van der Waals surface area contributed by atoms with Crippen LogP contribution in [0.5, 0.6) is 0 Å². The van der Waals surface area contributed by atoms with Crippen molar-refractivity contribution in [2.45, 2.75) is 13.0 Å². The van der Waals surface area contributed by atoms with E-state index in [1.54, 1.807) is 25.1 Å². The molecule has 1 aliphatic heterocycles. The molecule has 140 valence electrons. The second-order valence-electron chi connectivity index (χ2n) is 5.45. The smallest absolute Gasteiger partial charge is 0.357 e. The van der Waals surface area contributed by atoms with Crippen LogP contribution in [0.2, 0.25) is 0 Å². The van der Waals surface area contributed by atoms with Gasteiger partial charge in [-0.15, -0.1) is 11.3 Å². The quantitative estimate of drug-likeness (QED) is 0.736. The summed E-state index contributed by atoms with van der Waals surface area (Å²) in [6, 6.07) is 7.29. The minimum atomic E-state index is -0.679. The van der Waals surface area contributed by atoms with E-state index in [1.165, 1.54) is 23.6 Å². The maximum absolute atomic E-state index is 12.5. The summed E-state index contributed by atoms with van der Waals surface area (Å²) in [6.07, 6.45) is 1.47. The summed E-state index contributed by atoms with van der Waals surface area (Å²) >= 11 is 1.39. The Balaban J connectivity index is 1.88. The molecule has 8 nitrogen and oxygen atoms in total. The molecular formula is C18H17N3O5S. The van der Waals surface area contributed by atoms with E-state index >= 15 is 0 Å². The summed E-state index contributed by atoms with van der Waals surface area (Å²) in [5, 5.41) is 7.09. The molecule has 3 heterocycles. The third-order valence-electron chi connectivity index (χ3n) is 3.70. The Morgan fingerprint density at radius 2 is 2.04 bits per heavy atom. The van der Waals surface area contributed by atoms with Gasteiger partial charge in [-0.25, -0.2) is 19.4 Å². The highest BCUT2D eigenvalue weighted by molar-refractivity contribution is 7.10. The van der Waals surface area contributed by atoms with Crippen LogP contribution in [0, 0.1) is 0 Å². The number of hydrogen-bond donors (Lipinski definition) is 2. The van der Waals surface area contributed by atoms with Crippen LogP contribution < -0.4 is 10.6 Å². The van der Waals surface area contributed by atoms with Gasteiger partial charge in [0.2, 0.25) is 0 Å². The first kappa shape index (κ1) is 18.6. The first-order chi connectivity index (χ1) is 13.1. The molecule has 0 aromatic carbocycles. The highest BCUT2D eigenvalue weighted by Gasteiger charge is 2.34. The Hall–Kier alpha value is -3.20. The third kappa shape index (κ3) is 4.32. The van der Waals surface area contributed by atoms with Crippen molar-refractivity contribution in [3.8, 4) is 0 Å². The number of carbonyl (C=O) groups is 3. The van der Waals surface area contributed by atoms with E-state index in [9.17, 15) is 14.4 Å². The lowest BCUT2D eigenvalue weighted by atomic mass is 10.0. The Kier molecular flexibility index (Phi) is 5.82. The average Bonchev–Trinajstić information content (AvgIpc) is 3.21. The van der Waals surface area contributed by atoms with E-state index in [2.05, 4.69) is 15.6 Å². The lowest BCUT2D eigenvalue weighted by Gasteiger charge is -2.28. The molecule has 2 aromatic rings. The van der Waals surface area contributed by atoms with Crippen molar-refractivity contribution in [2.75, 3.05) is 13.2 Å². The number of esters is 2. The molecule has 0 spiro atoms. The second-order valence-corrected chi connectivity index (χ2v) is 6.43. The molecule has 2 aromatic heterocycles. The number of ether oxygens (including phenoxy) is 2. The Morgan fingerprint density at radius 1 is 1.19 bits per heavy atom. The molecule has 0 aliphatic carbocycles. The van der Waals surface area contributed by atoms with E-state index < -0.39 is 24.0 Å². The van der Waals surface area contributed by atoms with Crippen LogP contribution >= 0.6 is 11.3 Å². The number of carbonyl (C=O) groups excluding carboxylic acids is 3. The molecule has 0 radical (unpaired) electrons. The van der Waals surface area contributed by atoms with Crippen molar-refractivity contribution < 1.29 is 23.9 Å². The van der Waals surface area contributed by atoms with Crippen LogP contribution in [-0.4, -0.2) is 36.2 Å². The molecule has 0 saturated carbocycles. The normalized spacial score (nSPS) is 16.3. The number of amides is 2. The number of rotatable bonds is 6. The minimum Gasteiger partial charge on any atom is -0.463 e. The van der Waals surface area contributed by atoms with E-state index in [0.717, 1.165) is 4.88 Å². The van der Waals surface area contributed by atoms with Crippen LogP contribution in [0.15, 0.2) is 53.2 Å². The Labute approximate surface area is 159 Å². The molecule has 0 fully saturated rings. The average molecular weight is 387 g/mol. The number of aromatic nitrogens is 1. The van der Waals surface area contributed by atoms with Gasteiger partial charge in [0.25, 0.3) is 0 Å². The zero-order valence-corrected chi connectivity index (χ0v) is 15.2. The van der Waals surface area contributed by atoms with E-state index in [1.807, 2.05) is 11.4 Å². The maximum Gasteiger partial charge on any atom is 0.357 e. The molecule has 9 heteroatoms. The predicted octanol–water partition coefficient (Wildman–Crippen LogP) is 2.17. The summed E-state index contributed by atoms with van der Waals surface area (Å²) in [7, 11) is 0. The van der Waals surface area contributed by atoms with Crippen LogP contribution in [0.1, 0.15) is 28.3 Å². The van der Waals surface area contributed by atoms with Crippen LogP contribution in [0.3, 0.4) is 0 Å². The molecule has 2 amide bonds. The van der Waals surface area contributed by atoms with Gasteiger partial charge in [-0.2, -0.15) is 0 Å². The van der Waals surface area contributed by atoms with Gasteiger partial charge in [0, 0.05) is 11.1 Å². The number of nitrogens with one attached hydrogen (secondary N) is 2. The largest absolute Gasteiger partial charge is 0.463 e. The summed E-state index contributed by atoms with van der Waals surface area (Å²) in [5.41, 5.74) is 0.512. The van der Waals surface area contributed by atoms with Crippen LogP contribution in [0.4, 0.5) is 4.79 Å². The monoisotopic (exact) mass is 387 g/mol. The molecule has 2 N–H and O–H groups in total. The van der Waals surface area contributed by atoms with Gasteiger partial charge in [0.1, 0.15) is 12.3 Å². The number of nitrogens with zero attached hydrogens (tertiary/aromatic N) is 1. The Bertz CT molecular complexity index is 864. The van der Waals surface area contributed by atoms with Gasteiger partial charge in [-0.1, -0.05) is 12.1 Å². The van der Waals surface area contributed by atoms with Gasteiger partial charge in [-0.3, -0.25) is 0 Å². The van der Waals surface area contributed by atoms with Crippen molar-refractivity contribution in [1.29, 1.82) is 0 Å². The summed E-state index contributed by atoms with van der Waals surface area (Å²) in [5.74, 6) is -1.25. The van der Waals surface area contributed by atoms with Crippen molar-refractivity contribution in [1.82, 2.24) is 15.6 Å². The van der Waals surface area contributed by atoms with Crippen molar-refractivity contribution >= 4 is 29.3 Å². The first-order valence-electron chi connectivity index (χ1n) is 8.19. The molecular weight excluding hydrogens is 370 g/mol. The van der Waals surface area contributed by atoms with E-state index in [4.69, 9.17) is 9.47 Å². The molecule has 0 bridgehead atoms.